The Hall–Kier alpha value is -3.78. The topological polar surface area (TPSA) is 88.5 Å². The number of aliphatic hydroxyl groups is 1. The minimum Gasteiger partial charge on any atom is -0.507 e. The predicted molar refractivity (Wildman–Crippen MR) is 152 cm³/mol. The molecule has 8 nitrogen and oxygen atoms in total. The van der Waals surface area contributed by atoms with E-state index in [4.69, 9.17) is 14.2 Å². The molecule has 1 fully saturated rings. The van der Waals surface area contributed by atoms with Crippen LogP contribution < -0.4 is 14.2 Å². The number of ketones is 1. The number of amides is 1. The van der Waals surface area contributed by atoms with Gasteiger partial charge in [-0.3, -0.25) is 9.59 Å². The smallest absolute Gasteiger partial charge is 0.295 e. The number of carbonyl (C=O) groups excluding carboxylic acids is 2. The zero-order valence-corrected chi connectivity index (χ0v) is 23.7. The van der Waals surface area contributed by atoms with Gasteiger partial charge in [0.2, 0.25) is 0 Å². The van der Waals surface area contributed by atoms with Crippen molar-refractivity contribution in [2.75, 3.05) is 46.5 Å². The number of Topliss-reactive ketones (excluding diaryl/α,β-unsaturated/α-hetero) is 1. The van der Waals surface area contributed by atoms with E-state index >= 15 is 0 Å². The van der Waals surface area contributed by atoms with E-state index in [0.717, 1.165) is 25.1 Å². The maximum atomic E-state index is 13.4. The van der Waals surface area contributed by atoms with Crippen LogP contribution in [0.15, 0.2) is 54.6 Å². The average molecular weight is 537 g/mol. The first-order valence-corrected chi connectivity index (χ1v) is 13.5. The molecule has 0 aliphatic carbocycles. The zero-order valence-electron chi connectivity index (χ0n) is 23.7. The summed E-state index contributed by atoms with van der Waals surface area (Å²) in [6.45, 7) is 15.1. The summed E-state index contributed by atoms with van der Waals surface area (Å²) < 4.78 is 17.0. The Labute approximate surface area is 231 Å². The molecular weight excluding hydrogens is 496 g/mol. The van der Waals surface area contributed by atoms with Crippen molar-refractivity contribution in [3.8, 4) is 17.2 Å². The molecule has 210 valence electrons. The zero-order chi connectivity index (χ0) is 28.5. The van der Waals surface area contributed by atoms with Gasteiger partial charge in [-0.2, -0.15) is 0 Å². The lowest BCUT2D eigenvalue weighted by atomic mass is 9.94. The normalized spacial score (nSPS) is 16.6. The monoisotopic (exact) mass is 536 g/mol. The molecule has 0 aromatic heterocycles. The van der Waals surface area contributed by atoms with E-state index in [1.807, 2.05) is 13.8 Å². The Morgan fingerprint density at radius 1 is 1.05 bits per heavy atom. The summed E-state index contributed by atoms with van der Waals surface area (Å²) in [6, 6.07) is 9.75. The van der Waals surface area contributed by atoms with Gasteiger partial charge in [0.1, 0.15) is 18.1 Å². The van der Waals surface area contributed by atoms with Crippen LogP contribution in [-0.2, 0) is 9.59 Å². The number of likely N-dealkylation sites (tertiary alicyclic amines) is 1. The average Bonchev–Trinajstić information content (AvgIpc) is 3.20. The number of nitrogens with zero attached hydrogens (tertiary/aromatic N) is 2. The van der Waals surface area contributed by atoms with Crippen molar-refractivity contribution < 1.29 is 28.9 Å². The molecule has 0 radical (unpaired) electrons. The number of methoxy groups -OCH3 is 1. The minimum absolute atomic E-state index is 0.0444. The van der Waals surface area contributed by atoms with E-state index in [0.29, 0.717) is 54.7 Å². The first kappa shape index (κ1) is 29.8. The molecule has 1 atom stereocenters. The molecule has 3 rings (SSSR count). The van der Waals surface area contributed by atoms with Crippen LogP contribution in [0.3, 0.4) is 0 Å². The Kier molecular flexibility index (Phi) is 10.6. The highest BCUT2D eigenvalue weighted by Gasteiger charge is 2.46. The highest BCUT2D eigenvalue weighted by atomic mass is 16.5. The Morgan fingerprint density at radius 3 is 2.38 bits per heavy atom. The molecule has 1 aliphatic rings. The maximum Gasteiger partial charge on any atom is 0.295 e. The second-order valence-corrected chi connectivity index (χ2v) is 9.36. The predicted octanol–water partition coefficient (Wildman–Crippen LogP) is 5.12. The van der Waals surface area contributed by atoms with Gasteiger partial charge >= 0.3 is 0 Å². The molecule has 2 aromatic rings. The molecule has 1 amide bonds. The molecule has 0 spiro atoms. The Balaban J connectivity index is 2.13. The lowest BCUT2D eigenvalue weighted by molar-refractivity contribution is -0.140. The van der Waals surface area contributed by atoms with Gasteiger partial charge in [0.25, 0.3) is 11.7 Å². The van der Waals surface area contributed by atoms with Crippen molar-refractivity contribution in [2.45, 2.75) is 40.2 Å². The standard InChI is InChI=1S/C31H40N2O6/c1-7-17-38-24-13-12-23(19-21(24)5)29(34)27-28(22-11-14-25(39-18-8-2)26(20-22)37-6)33(31(36)30(27)35)16-15-32(9-3)10-4/h8,11-14,19-20,28,34H,2,7,9-10,15-18H2,1,3-6H3/b29-27+. The molecule has 1 aliphatic heterocycles. The third-order valence-corrected chi connectivity index (χ3v) is 6.86. The molecule has 1 heterocycles. The lowest BCUT2D eigenvalue weighted by Gasteiger charge is -2.28. The Bertz CT molecular complexity index is 1220. The molecule has 39 heavy (non-hydrogen) atoms. The van der Waals surface area contributed by atoms with E-state index in [9.17, 15) is 14.7 Å². The second kappa shape index (κ2) is 13.8. The summed E-state index contributed by atoms with van der Waals surface area (Å²) in [6.07, 6.45) is 2.51. The van der Waals surface area contributed by atoms with Gasteiger partial charge in [0.15, 0.2) is 11.5 Å². The number of benzene rings is 2. The number of rotatable bonds is 14. The van der Waals surface area contributed by atoms with Gasteiger partial charge in [-0.1, -0.05) is 39.5 Å². The molecule has 2 aromatic carbocycles. The van der Waals surface area contributed by atoms with Gasteiger partial charge < -0.3 is 29.1 Å². The van der Waals surface area contributed by atoms with Crippen LogP contribution in [-0.4, -0.2) is 73.1 Å². The summed E-state index contributed by atoms with van der Waals surface area (Å²) in [5.74, 6) is 0.104. The van der Waals surface area contributed by atoms with Crippen molar-refractivity contribution in [3.63, 3.8) is 0 Å². The van der Waals surface area contributed by atoms with Crippen molar-refractivity contribution in [1.82, 2.24) is 9.80 Å². The van der Waals surface area contributed by atoms with Crippen LogP contribution in [0.5, 0.6) is 17.2 Å². The second-order valence-electron chi connectivity index (χ2n) is 9.36. The van der Waals surface area contributed by atoms with Crippen LogP contribution in [0.25, 0.3) is 5.76 Å². The van der Waals surface area contributed by atoms with E-state index in [-0.39, 0.29) is 11.3 Å². The summed E-state index contributed by atoms with van der Waals surface area (Å²) >= 11 is 0. The molecule has 0 bridgehead atoms. The fraction of sp³-hybridized carbons (Fsp3) is 0.419. The number of likely N-dealkylation sites (N-methyl/N-ethyl adjacent to an activating group) is 1. The molecule has 1 unspecified atom stereocenters. The SMILES string of the molecule is C=CCOc1ccc(C2/C(=C(\O)c3ccc(OCCC)c(C)c3)C(=O)C(=O)N2CCN(CC)CC)cc1OC. The number of hydrogen-bond donors (Lipinski definition) is 1. The quantitative estimate of drug-likeness (QED) is 0.155. The van der Waals surface area contributed by atoms with E-state index in [1.54, 1.807) is 42.5 Å². The third kappa shape index (κ3) is 6.63. The van der Waals surface area contributed by atoms with Crippen molar-refractivity contribution in [2.24, 2.45) is 0 Å². The van der Waals surface area contributed by atoms with E-state index in [1.165, 1.54) is 12.0 Å². The van der Waals surface area contributed by atoms with Crippen molar-refractivity contribution in [1.29, 1.82) is 0 Å². The third-order valence-electron chi connectivity index (χ3n) is 6.86. The molecule has 1 saturated heterocycles. The fourth-order valence-electron chi connectivity index (χ4n) is 4.69. The highest BCUT2D eigenvalue weighted by molar-refractivity contribution is 6.46. The minimum atomic E-state index is -0.792. The van der Waals surface area contributed by atoms with Crippen molar-refractivity contribution in [3.05, 3.63) is 71.3 Å². The Morgan fingerprint density at radius 2 is 1.77 bits per heavy atom. The first-order chi connectivity index (χ1) is 18.8. The van der Waals surface area contributed by atoms with Crippen LogP contribution in [0, 0.1) is 6.92 Å². The first-order valence-electron chi connectivity index (χ1n) is 13.5. The number of hydrogen-bond acceptors (Lipinski definition) is 7. The van der Waals surface area contributed by atoms with Gasteiger partial charge in [-0.05, 0) is 67.9 Å². The van der Waals surface area contributed by atoms with Crippen LogP contribution in [0.4, 0.5) is 0 Å². The number of ether oxygens (including phenoxy) is 3. The summed E-state index contributed by atoms with van der Waals surface area (Å²) in [4.78, 5) is 30.5. The van der Waals surface area contributed by atoms with Gasteiger partial charge in [-0.15, -0.1) is 0 Å². The summed E-state index contributed by atoms with van der Waals surface area (Å²) in [7, 11) is 1.53. The number of aryl methyl sites for hydroxylation is 1. The van der Waals surface area contributed by atoms with E-state index in [2.05, 4.69) is 25.3 Å². The van der Waals surface area contributed by atoms with Crippen LogP contribution in [0.1, 0.15) is 49.9 Å². The van der Waals surface area contributed by atoms with Crippen LogP contribution in [0.2, 0.25) is 0 Å². The van der Waals surface area contributed by atoms with Gasteiger partial charge in [-0.25, -0.2) is 0 Å². The van der Waals surface area contributed by atoms with Gasteiger partial charge in [0, 0.05) is 18.7 Å². The fourth-order valence-corrected chi connectivity index (χ4v) is 4.69. The maximum absolute atomic E-state index is 13.4. The molecule has 1 N–H and O–H groups in total. The number of carbonyl (C=O) groups is 2. The highest BCUT2D eigenvalue weighted by Crippen LogP contribution is 2.42. The summed E-state index contributed by atoms with van der Waals surface area (Å²) in [5.41, 5.74) is 1.95. The largest absolute Gasteiger partial charge is 0.507 e. The van der Waals surface area contributed by atoms with Crippen LogP contribution >= 0.6 is 0 Å². The molecular formula is C31H40N2O6. The van der Waals surface area contributed by atoms with Crippen molar-refractivity contribution >= 4 is 17.4 Å². The number of aliphatic hydroxyl groups excluding tert-OH is 1. The summed E-state index contributed by atoms with van der Waals surface area (Å²) in [5, 5.41) is 11.5. The lowest BCUT2D eigenvalue weighted by Crippen LogP contribution is -2.38. The van der Waals surface area contributed by atoms with Gasteiger partial charge in [0.05, 0.1) is 25.3 Å². The van der Waals surface area contributed by atoms with E-state index < -0.39 is 17.7 Å². The molecule has 0 saturated carbocycles. The molecule has 8 heteroatoms.